The fourth-order valence-electron chi connectivity index (χ4n) is 3.84. The average molecular weight is 312 g/mol. The molecule has 0 heterocycles. The van der Waals surface area contributed by atoms with Gasteiger partial charge in [-0.15, -0.1) is 0 Å². The van der Waals surface area contributed by atoms with Crippen LogP contribution in [0.25, 0.3) is 0 Å². The molecule has 0 amide bonds. The molecule has 1 saturated carbocycles. The Labute approximate surface area is 133 Å². The Morgan fingerprint density at radius 3 is 2.76 bits per heavy atom. The Morgan fingerprint density at radius 2 is 2.10 bits per heavy atom. The minimum Gasteiger partial charge on any atom is -0.319 e. The van der Waals surface area contributed by atoms with Crippen molar-refractivity contribution >= 4 is 11.6 Å². The van der Waals surface area contributed by atoms with Crippen molar-refractivity contribution in [2.24, 2.45) is 17.8 Å². The molecule has 1 aromatic carbocycles. The van der Waals surface area contributed by atoms with Gasteiger partial charge in [0.2, 0.25) is 0 Å². The van der Waals surface area contributed by atoms with Crippen LogP contribution in [0.4, 0.5) is 4.39 Å². The van der Waals surface area contributed by atoms with E-state index >= 15 is 0 Å². The summed E-state index contributed by atoms with van der Waals surface area (Å²) in [5.41, 5.74) is 1.17. The minimum atomic E-state index is -0.320. The summed E-state index contributed by atoms with van der Waals surface area (Å²) in [7, 11) is 2.03. The van der Waals surface area contributed by atoms with Crippen molar-refractivity contribution in [3.63, 3.8) is 0 Å². The van der Waals surface area contributed by atoms with Gasteiger partial charge in [-0.05, 0) is 68.3 Å². The summed E-state index contributed by atoms with van der Waals surface area (Å²) < 4.78 is 13.3. The first-order valence-electron chi connectivity index (χ1n) is 8.22. The number of nitrogens with one attached hydrogen (secondary N) is 1. The molecule has 0 bridgehead atoms. The number of benzene rings is 1. The smallest absolute Gasteiger partial charge is 0.141 e. The second kappa shape index (κ2) is 8.14. The Morgan fingerprint density at radius 1 is 1.29 bits per heavy atom. The summed E-state index contributed by atoms with van der Waals surface area (Å²) >= 11 is 5.92. The molecule has 0 aliphatic heterocycles. The molecule has 118 valence electrons. The SMILES string of the molecule is CCCC1CCC(CNC)C(Cc2ccc(F)c(Cl)c2)C1. The van der Waals surface area contributed by atoms with Gasteiger partial charge in [0.05, 0.1) is 5.02 Å². The molecule has 2 rings (SSSR count). The highest BCUT2D eigenvalue weighted by atomic mass is 35.5. The summed E-state index contributed by atoms with van der Waals surface area (Å²) in [6.07, 6.45) is 7.61. The predicted molar refractivity (Wildman–Crippen MR) is 88.3 cm³/mol. The molecule has 1 N–H and O–H groups in total. The van der Waals surface area contributed by atoms with Crippen LogP contribution >= 0.6 is 11.6 Å². The van der Waals surface area contributed by atoms with Gasteiger partial charge in [-0.3, -0.25) is 0 Å². The zero-order valence-electron chi connectivity index (χ0n) is 13.2. The van der Waals surface area contributed by atoms with E-state index in [9.17, 15) is 4.39 Å². The van der Waals surface area contributed by atoms with Crippen LogP contribution in [0.5, 0.6) is 0 Å². The summed E-state index contributed by atoms with van der Waals surface area (Å²) in [5, 5.41) is 3.58. The summed E-state index contributed by atoms with van der Waals surface area (Å²) in [4.78, 5) is 0. The lowest BCUT2D eigenvalue weighted by Gasteiger charge is -2.36. The van der Waals surface area contributed by atoms with Gasteiger partial charge in [0, 0.05) is 0 Å². The van der Waals surface area contributed by atoms with E-state index in [1.807, 2.05) is 13.1 Å². The van der Waals surface area contributed by atoms with Crippen LogP contribution < -0.4 is 5.32 Å². The second-order valence-electron chi connectivity index (χ2n) is 6.50. The van der Waals surface area contributed by atoms with Crippen LogP contribution in [0.2, 0.25) is 5.02 Å². The van der Waals surface area contributed by atoms with Crippen LogP contribution in [-0.2, 0) is 6.42 Å². The second-order valence-corrected chi connectivity index (χ2v) is 6.91. The van der Waals surface area contributed by atoms with Crippen molar-refractivity contribution in [2.45, 2.75) is 45.4 Å². The summed E-state index contributed by atoms with van der Waals surface area (Å²) in [5.74, 6) is 1.96. The fraction of sp³-hybridized carbons (Fsp3) is 0.667. The molecule has 3 atom stereocenters. The first-order chi connectivity index (χ1) is 10.1. The van der Waals surface area contributed by atoms with E-state index in [0.717, 1.165) is 24.8 Å². The molecule has 21 heavy (non-hydrogen) atoms. The van der Waals surface area contributed by atoms with Crippen molar-refractivity contribution in [3.8, 4) is 0 Å². The van der Waals surface area contributed by atoms with Crippen LogP contribution in [0.1, 0.15) is 44.6 Å². The Kier molecular flexibility index (Phi) is 6.50. The molecular formula is C18H27ClFN. The Bertz CT molecular complexity index is 449. The van der Waals surface area contributed by atoms with Crippen molar-refractivity contribution in [1.29, 1.82) is 0 Å². The normalized spacial score (nSPS) is 26.0. The maximum absolute atomic E-state index is 13.3. The van der Waals surface area contributed by atoms with E-state index in [1.54, 1.807) is 6.07 Å². The lowest BCUT2D eigenvalue weighted by atomic mass is 9.70. The van der Waals surface area contributed by atoms with Gasteiger partial charge >= 0.3 is 0 Å². The molecule has 3 heteroatoms. The first kappa shape index (κ1) is 16.8. The zero-order chi connectivity index (χ0) is 15.2. The fourth-order valence-corrected chi connectivity index (χ4v) is 4.05. The van der Waals surface area contributed by atoms with Crippen LogP contribution in [0.15, 0.2) is 18.2 Å². The van der Waals surface area contributed by atoms with Crippen LogP contribution in [-0.4, -0.2) is 13.6 Å². The van der Waals surface area contributed by atoms with Gasteiger partial charge in [-0.2, -0.15) is 0 Å². The van der Waals surface area contributed by atoms with Gasteiger partial charge < -0.3 is 5.32 Å². The monoisotopic (exact) mass is 311 g/mol. The Balaban J connectivity index is 2.05. The number of hydrogen-bond acceptors (Lipinski definition) is 1. The van der Waals surface area contributed by atoms with Crippen LogP contribution in [0.3, 0.4) is 0 Å². The number of rotatable bonds is 6. The highest BCUT2D eigenvalue weighted by Crippen LogP contribution is 2.38. The molecule has 1 fully saturated rings. The van der Waals surface area contributed by atoms with Crippen molar-refractivity contribution in [2.75, 3.05) is 13.6 Å². The molecule has 3 unspecified atom stereocenters. The maximum Gasteiger partial charge on any atom is 0.141 e. The third kappa shape index (κ3) is 4.69. The highest BCUT2D eigenvalue weighted by molar-refractivity contribution is 6.30. The molecule has 0 spiro atoms. The van der Waals surface area contributed by atoms with E-state index in [1.165, 1.54) is 43.7 Å². The van der Waals surface area contributed by atoms with E-state index in [4.69, 9.17) is 11.6 Å². The molecule has 0 saturated heterocycles. The van der Waals surface area contributed by atoms with Crippen molar-refractivity contribution in [3.05, 3.63) is 34.6 Å². The standard InChI is InChI=1S/C18H27ClFN/c1-3-4-13-5-7-15(12-21-2)16(9-13)10-14-6-8-18(20)17(19)11-14/h6,8,11,13,15-16,21H,3-5,7,9-10,12H2,1-2H3. The largest absolute Gasteiger partial charge is 0.319 e. The predicted octanol–water partition coefficient (Wildman–Crippen LogP) is 5.07. The first-order valence-corrected chi connectivity index (χ1v) is 8.60. The lowest BCUT2D eigenvalue weighted by Crippen LogP contribution is -2.33. The van der Waals surface area contributed by atoms with Crippen molar-refractivity contribution in [1.82, 2.24) is 5.32 Å². The molecule has 1 nitrogen and oxygen atoms in total. The zero-order valence-corrected chi connectivity index (χ0v) is 13.9. The minimum absolute atomic E-state index is 0.249. The third-order valence-corrected chi connectivity index (χ3v) is 5.18. The molecule has 1 aliphatic rings. The van der Waals surface area contributed by atoms with Crippen molar-refractivity contribution < 1.29 is 4.39 Å². The van der Waals surface area contributed by atoms with Gasteiger partial charge in [0.1, 0.15) is 5.82 Å². The molecular weight excluding hydrogens is 285 g/mol. The third-order valence-electron chi connectivity index (χ3n) is 4.89. The van der Waals surface area contributed by atoms with E-state index in [-0.39, 0.29) is 10.8 Å². The molecule has 0 aromatic heterocycles. The quantitative estimate of drug-likeness (QED) is 0.773. The van der Waals surface area contributed by atoms with E-state index in [2.05, 4.69) is 12.2 Å². The Hall–Kier alpha value is -0.600. The van der Waals surface area contributed by atoms with Gasteiger partial charge in [-0.1, -0.05) is 43.9 Å². The van der Waals surface area contributed by atoms with Gasteiger partial charge in [0.15, 0.2) is 0 Å². The summed E-state index contributed by atoms with van der Waals surface area (Å²) in [6, 6.07) is 5.19. The van der Waals surface area contributed by atoms with Crippen LogP contribution in [0, 0.1) is 23.6 Å². The summed E-state index contributed by atoms with van der Waals surface area (Å²) in [6.45, 7) is 3.35. The molecule has 1 aromatic rings. The number of halogens is 2. The topological polar surface area (TPSA) is 12.0 Å². The van der Waals surface area contributed by atoms with E-state index in [0.29, 0.717) is 5.92 Å². The average Bonchev–Trinajstić information content (AvgIpc) is 2.46. The maximum atomic E-state index is 13.3. The number of hydrogen-bond donors (Lipinski definition) is 1. The van der Waals surface area contributed by atoms with E-state index < -0.39 is 0 Å². The molecule has 0 radical (unpaired) electrons. The highest BCUT2D eigenvalue weighted by Gasteiger charge is 2.29. The molecule has 1 aliphatic carbocycles. The lowest BCUT2D eigenvalue weighted by molar-refractivity contribution is 0.169. The van der Waals surface area contributed by atoms with Gasteiger partial charge in [0.25, 0.3) is 0 Å². The van der Waals surface area contributed by atoms with Gasteiger partial charge in [-0.25, -0.2) is 4.39 Å².